The van der Waals surface area contributed by atoms with E-state index in [0.29, 0.717) is 17.8 Å². The summed E-state index contributed by atoms with van der Waals surface area (Å²) >= 11 is 0. The van der Waals surface area contributed by atoms with Crippen molar-refractivity contribution in [1.82, 2.24) is 0 Å². The van der Waals surface area contributed by atoms with E-state index in [-0.39, 0.29) is 12.7 Å². The van der Waals surface area contributed by atoms with Crippen LogP contribution in [-0.2, 0) is 28.5 Å². The number of carbonyl (C=O) groups is 2. The van der Waals surface area contributed by atoms with Gasteiger partial charge in [-0.15, -0.1) is 0 Å². The third-order valence-electron chi connectivity index (χ3n) is 5.16. The second kappa shape index (κ2) is 9.51. The molecule has 6 atom stereocenters. The van der Waals surface area contributed by atoms with E-state index in [0.717, 1.165) is 12.8 Å². The van der Waals surface area contributed by atoms with Gasteiger partial charge in [-0.2, -0.15) is 0 Å². The summed E-state index contributed by atoms with van der Waals surface area (Å²) < 4.78 is 22.5. The fraction of sp³-hybridized carbons (Fsp3) is 0.800. The molecule has 0 N–H and O–H groups in total. The number of rotatable bonds is 6. The Labute approximate surface area is 156 Å². The molecular formula is C20H32O6. The zero-order valence-electron chi connectivity index (χ0n) is 16.5. The normalized spacial score (nSPS) is 34.5. The smallest absolute Gasteiger partial charge is 0.303 e. The molecule has 0 aromatic rings. The lowest BCUT2D eigenvalue weighted by Gasteiger charge is -2.40. The lowest BCUT2D eigenvalue weighted by molar-refractivity contribution is -0.222. The van der Waals surface area contributed by atoms with Gasteiger partial charge in [-0.05, 0) is 42.7 Å². The predicted molar refractivity (Wildman–Crippen MR) is 96.2 cm³/mol. The maximum Gasteiger partial charge on any atom is 0.303 e. The van der Waals surface area contributed by atoms with Gasteiger partial charge in [-0.3, -0.25) is 9.59 Å². The molecule has 0 bridgehead atoms. The molecule has 2 rings (SSSR count). The Bertz CT molecular complexity index is 514. The lowest BCUT2D eigenvalue weighted by Crippen LogP contribution is -2.44. The first-order chi connectivity index (χ1) is 12.3. The molecule has 0 spiro atoms. The molecule has 2 aliphatic rings. The molecule has 2 unspecified atom stereocenters. The van der Waals surface area contributed by atoms with Crippen molar-refractivity contribution < 1.29 is 28.5 Å². The molecule has 0 aromatic carbocycles. The molecule has 1 fully saturated rings. The summed E-state index contributed by atoms with van der Waals surface area (Å²) in [5, 5.41) is 0. The minimum atomic E-state index is -0.585. The average Bonchev–Trinajstić information content (AvgIpc) is 2.54. The topological polar surface area (TPSA) is 71.1 Å². The average molecular weight is 368 g/mol. The number of hydrogen-bond acceptors (Lipinski definition) is 6. The fourth-order valence-corrected chi connectivity index (χ4v) is 3.78. The van der Waals surface area contributed by atoms with E-state index < -0.39 is 30.4 Å². The van der Waals surface area contributed by atoms with Gasteiger partial charge in [0.2, 0.25) is 0 Å². The molecule has 148 valence electrons. The molecule has 26 heavy (non-hydrogen) atoms. The van der Waals surface area contributed by atoms with Crippen LogP contribution in [0.15, 0.2) is 12.2 Å². The first-order valence-electron chi connectivity index (χ1n) is 9.56. The second-order valence-corrected chi connectivity index (χ2v) is 7.81. The number of hydrogen-bond donors (Lipinski definition) is 0. The van der Waals surface area contributed by atoms with Crippen LogP contribution in [-0.4, -0.2) is 43.1 Å². The van der Waals surface area contributed by atoms with E-state index in [4.69, 9.17) is 18.9 Å². The Morgan fingerprint density at radius 1 is 1.15 bits per heavy atom. The Balaban J connectivity index is 2.03. The number of ether oxygens (including phenoxy) is 4. The van der Waals surface area contributed by atoms with Gasteiger partial charge < -0.3 is 18.9 Å². The van der Waals surface area contributed by atoms with Crippen molar-refractivity contribution in [2.45, 2.75) is 78.5 Å². The van der Waals surface area contributed by atoms with Crippen LogP contribution >= 0.6 is 0 Å². The molecule has 0 radical (unpaired) electrons. The van der Waals surface area contributed by atoms with Crippen LogP contribution in [0.25, 0.3) is 0 Å². The van der Waals surface area contributed by atoms with Crippen LogP contribution < -0.4 is 0 Å². The molecule has 1 aliphatic heterocycles. The molecule has 0 saturated heterocycles. The van der Waals surface area contributed by atoms with Gasteiger partial charge in [0.25, 0.3) is 0 Å². The van der Waals surface area contributed by atoms with Crippen molar-refractivity contribution in [2.24, 2.45) is 17.8 Å². The van der Waals surface area contributed by atoms with Crippen molar-refractivity contribution >= 4 is 11.9 Å². The molecule has 1 saturated carbocycles. The molecule has 6 heteroatoms. The Morgan fingerprint density at radius 2 is 1.88 bits per heavy atom. The van der Waals surface area contributed by atoms with Crippen LogP contribution in [0.1, 0.15) is 53.9 Å². The standard InChI is InChI=1S/C20H32O6/c1-12(2)16-7-6-13(3)10-18(16)25-20-9-8-17(24-15(5)22)19(26-20)11-23-14(4)21/h8-9,12-13,16-20H,6-7,10-11H2,1-5H3/t13-,16+,17+,18?,19?,20+/m1/s1. The van der Waals surface area contributed by atoms with Gasteiger partial charge in [0.05, 0.1) is 6.10 Å². The Hall–Kier alpha value is -1.40. The van der Waals surface area contributed by atoms with Crippen molar-refractivity contribution in [1.29, 1.82) is 0 Å². The van der Waals surface area contributed by atoms with Gasteiger partial charge in [-0.25, -0.2) is 0 Å². The van der Waals surface area contributed by atoms with Gasteiger partial charge in [0.15, 0.2) is 6.29 Å². The maximum atomic E-state index is 11.3. The monoisotopic (exact) mass is 368 g/mol. The number of esters is 2. The highest BCUT2D eigenvalue weighted by atomic mass is 16.7. The van der Waals surface area contributed by atoms with Crippen LogP contribution in [0, 0.1) is 17.8 Å². The van der Waals surface area contributed by atoms with Gasteiger partial charge in [-0.1, -0.05) is 27.2 Å². The predicted octanol–water partition coefficient (Wildman–Crippen LogP) is 3.24. The molecule has 0 aromatic heterocycles. The van der Waals surface area contributed by atoms with Crippen molar-refractivity contribution in [3.8, 4) is 0 Å². The number of carbonyl (C=O) groups excluding carboxylic acids is 2. The largest absolute Gasteiger partial charge is 0.463 e. The molecule has 1 heterocycles. The van der Waals surface area contributed by atoms with Gasteiger partial charge in [0.1, 0.15) is 18.8 Å². The van der Waals surface area contributed by atoms with Crippen molar-refractivity contribution in [2.75, 3.05) is 6.61 Å². The van der Waals surface area contributed by atoms with Crippen LogP contribution in [0.3, 0.4) is 0 Å². The third-order valence-corrected chi connectivity index (χ3v) is 5.16. The van der Waals surface area contributed by atoms with E-state index in [2.05, 4.69) is 20.8 Å². The highest BCUT2D eigenvalue weighted by Gasteiger charge is 2.36. The highest BCUT2D eigenvalue weighted by molar-refractivity contribution is 5.66. The van der Waals surface area contributed by atoms with Crippen molar-refractivity contribution in [3.05, 3.63) is 12.2 Å². The lowest BCUT2D eigenvalue weighted by atomic mass is 9.75. The van der Waals surface area contributed by atoms with Crippen molar-refractivity contribution in [3.63, 3.8) is 0 Å². The minimum absolute atomic E-state index is 0.0200. The molecular weight excluding hydrogens is 336 g/mol. The van der Waals surface area contributed by atoms with E-state index in [9.17, 15) is 9.59 Å². The summed E-state index contributed by atoms with van der Waals surface area (Å²) in [5.74, 6) is 0.875. The molecule has 1 aliphatic carbocycles. The first kappa shape index (κ1) is 20.9. The Kier molecular flexibility index (Phi) is 7.65. The quantitative estimate of drug-likeness (QED) is 0.529. The maximum absolute atomic E-state index is 11.3. The van der Waals surface area contributed by atoms with Crippen LogP contribution in [0.4, 0.5) is 0 Å². The van der Waals surface area contributed by atoms with E-state index >= 15 is 0 Å². The van der Waals surface area contributed by atoms with Crippen LogP contribution in [0.2, 0.25) is 0 Å². The van der Waals surface area contributed by atoms with Gasteiger partial charge >= 0.3 is 11.9 Å². The van der Waals surface area contributed by atoms with E-state index in [1.54, 1.807) is 12.2 Å². The first-order valence-corrected chi connectivity index (χ1v) is 9.56. The third kappa shape index (κ3) is 6.09. The van der Waals surface area contributed by atoms with E-state index in [1.165, 1.54) is 20.3 Å². The summed E-state index contributed by atoms with van der Waals surface area (Å²) in [6.45, 7) is 9.42. The summed E-state index contributed by atoms with van der Waals surface area (Å²) in [4.78, 5) is 22.4. The second-order valence-electron chi connectivity index (χ2n) is 7.81. The van der Waals surface area contributed by atoms with Crippen LogP contribution in [0.5, 0.6) is 0 Å². The minimum Gasteiger partial charge on any atom is -0.463 e. The zero-order valence-corrected chi connectivity index (χ0v) is 16.5. The van der Waals surface area contributed by atoms with Gasteiger partial charge in [0, 0.05) is 13.8 Å². The SMILES string of the molecule is CC(=O)OCC1O[C@H](OC2C[C@H](C)CC[C@H]2C(C)C)C=C[C@@H]1OC(C)=O. The molecule has 0 amide bonds. The zero-order chi connectivity index (χ0) is 19.3. The summed E-state index contributed by atoms with van der Waals surface area (Å²) in [6, 6.07) is 0. The summed E-state index contributed by atoms with van der Waals surface area (Å²) in [7, 11) is 0. The van der Waals surface area contributed by atoms with E-state index in [1.807, 2.05) is 0 Å². The Morgan fingerprint density at radius 3 is 2.50 bits per heavy atom. The highest BCUT2D eigenvalue weighted by Crippen LogP contribution is 2.36. The fourth-order valence-electron chi connectivity index (χ4n) is 3.78. The summed E-state index contributed by atoms with van der Waals surface area (Å²) in [6.07, 6.45) is 5.40. The molecule has 6 nitrogen and oxygen atoms in total. The summed E-state index contributed by atoms with van der Waals surface area (Å²) in [5.41, 5.74) is 0.